The third kappa shape index (κ3) is 3.79. The second kappa shape index (κ2) is 8.59. The highest BCUT2D eigenvalue weighted by Gasteiger charge is 2.20. The molecule has 4 rings (SSSR count). The van der Waals surface area contributed by atoms with Gasteiger partial charge in [-0.25, -0.2) is 9.97 Å². The molecule has 0 atom stereocenters. The standard InChI is InChI=1S/C22H17N5O2S/c1-2-29-18-9-4-3-8-16(18)20-17(11-23)19-21(30-20)22(25-13-24-19)27-26-12-14-6-5-7-15(28)10-14/h3-10,12-13,28H,2H2,1H3,(H,24,25,27)/b26-12+. The molecule has 0 spiro atoms. The Morgan fingerprint density at radius 2 is 2.10 bits per heavy atom. The summed E-state index contributed by atoms with van der Waals surface area (Å²) in [6.45, 7) is 2.45. The molecule has 0 saturated carbocycles. The number of ether oxygens (including phenoxy) is 1. The minimum atomic E-state index is 0.165. The maximum absolute atomic E-state index is 9.81. The Hall–Kier alpha value is -3.96. The van der Waals surface area contributed by atoms with Crippen LogP contribution in [0, 0.1) is 11.3 Å². The van der Waals surface area contributed by atoms with Gasteiger partial charge in [0.1, 0.15) is 29.4 Å². The number of phenolic OH excluding ortho intramolecular Hbond substituents is 1. The number of aromatic nitrogens is 2. The Kier molecular flexibility index (Phi) is 5.54. The lowest BCUT2D eigenvalue weighted by Crippen LogP contribution is -1.94. The third-order valence-electron chi connectivity index (χ3n) is 4.27. The summed E-state index contributed by atoms with van der Waals surface area (Å²) in [5.74, 6) is 1.38. The molecule has 0 saturated heterocycles. The van der Waals surface area contributed by atoms with Crippen LogP contribution in [0.2, 0.25) is 0 Å². The molecule has 0 aliphatic rings. The zero-order valence-corrected chi connectivity index (χ0v) is 16.8. The molecule has 30 heavy (non-hydrogen) atoms. The summed E-state index contributed by atoms with van der Waals surface area (Å²) in [5, 5.41) is 23.6. The van der Waals surface area contributed by atoms with E-state index in [1.807, 2.05) is 37.3 Å². The molecule has 2 heterocycles. The van der Waals surface area contributed by atoms with E-state index in [2.05, 4.69) is 26.6 Å². The van der Waals surface area contributed by atoms with Crippen molar-refractivity contribution in [1.82, 2.24) is 9.97 Å². The van der Waals surface area contributed by atoms with E-state index in [1.165, 1.54) is 17.7 Å². The van der Waals surface area contributed by atoms with Gasteiger partial charge in [0.05, 0.1) is 28.0 Å². The summed E-state index contributed by atoms with van der Waals surface area (Å²) < 4.78 is 6.47. The Morgan fingerprint density at radius 1 is 1.23 bits per heavy atom. The Balaban J connectivity index is 1.75. The lowest BCUT2D eigenvalue weighted by molar-refractivity contribution is 0.341. The highest BCUT2D eigenvalue weighted by Crippen LogP contribution is 2.43. The van der Waals surface area contributed by atoms with Gasteiger partial charge < -0.3 is 9.84 Å². The maximum Gasteiger partial charge on any atom is 0.167 e. The van der Waals surface area contributed by atoms with E-state index in [1.54, 1.807) is 24.4 Å². The second-order valence-corrected chi connectivity index (χ2v) is 7.23. The number of hydrogen-bond acceptors (Lipinski definition) is 8. The maximum atomic E-state index is 9.81. The minimum Gasteiger partial charge on any atom is -0.508 e. The number of thiophene rings is 1. The number of aromatic hydroxyl groups is 1. The molecule has 0 aliphatic carbocycles. The van der Waals surface area contributed by atoms with E-state index < -0.39 is 0 Å². The summed E-state index contributed by atoms with van der Waals surface area (Å²) in [5.41, 5.74) is 5.54. The summed E-state index contributed by atoms with van der Waals surface area (Å²) in [6, 6.07) is 16.6. The number of hydrogen-bond donors (Lipinski definition) is 2. The molecule has 0 fully saturated rings. The van der Waals surface area contributed by atoms with E-state index in [0.29, 0.717) is 29.3 Å². The normalized spacial score (nSPS) is 10.9. The van der Waals surface area contributed by atoms with Crippen molar-refractivity contribution in [2.24, 2.45) is 5.10 Å². The third-order valence-corrected chi connectivity index (χ3v) is 5.49. The van der Waals surface area contributed by atoms with E-state index in [0.717, 1.165) is 20.7 Å². The molecule has 148 valence electrons. The predicted molar refractivity (Wildman–Crippen MR) is 118 cm³/mol. The van der Waals surface area contributed by atoms with Crippen molar-refractivity contribution in [2.45, 2.75) is 6.92 Å². The van der Waals surface area contributed by atoms with Crippen molar-refractivity contribution in [1.29, 1.82) is 5.26 Å². The largest absolute Gasteiger partial charge is 0.508 e. The fraction of sp³-hybridized carbons (Fsp3) is 0.0909. The van der Waals surface area contributed by atoms with Crippen LogP contribution in [0.5, 0.6) is 11.5 Å². The van der Waals surface area contributed by atoms with E-state index >= 15 is 0 Å². The van der Waals surface area contributed by atoms with Crippen LogP contribution in [-0.2, 0) is 0 Å². The molecular formula is C22H17N5O2S. The molecular weight excluding hydrogens is 398 g/mol. The van der Waals surface area contributed by atoms with Crippen molar-refractivity contribution < 1.29 is 9.84 Å². The first-order valence-corrected chi connectivity index (χ1v) is 10.0. The molecule has 7 nitrogen and oxygen atoms in total. The number of anilines is 1. The molecule has 2 aromatic carbocycles. The summed E-state index contributed by atoms with van der Waals surface area (Å²) in [4.78, 5) is 9.38. The first-order chi connectivity index (χ1) is 14.7. The van der Waals surface area contributed by atoms with Crippen molar-refractivity contribution >= 4 is 33.6 Å². The molecule has 2 N–H and O–H groups in total. The van der Waals surface area contributed by atoms with Crippen LogP contribution in [-0.4, -0.2) is 27.9 Å². The molecule has 0 aliphatic heterocycles. The Labute approximate surface area is 176 Å². The van der Waals surface area contributed by atoms with Gasteiger partial charge in [-0.3, -0.25) is 5.43 Å². The zero-order valence-electron chi connectivity index (χ0n) is 16.0. The quantitative estimate of drug-likeness (QED) is 0.347. The fourth-order valence-electron chi connectivity index (χ4n) is 2.99. The number of phenols is 1. The van der Waals surface area contributed by atoms with Gasteiger partial charge in [-0.2, -0.15) is 10.4 Å². The minimum absolute atomic E-state index is 0.165. The fourth-order valence-corrected chi connectivity index (χ4v) is 4.16. The van der Waals surface area contributed by atoms with E-state index in [-0.39, 0.29) is 5.75 Å². The van der Waals surface area contributed by atoms with Gasteiger partial charge in [-0.1, -0.05) is 24.3 Å². The summed E-state index contributed by atoms with van der Waals surface area (Å²) in [7, 11) is 0. The van der Waals surface area contributed by atoms with Gasteiger partial charge in [0.15, 0.2) is 5.82 Å². The van der Waals surface area contributed by atoms with Crippen LogP contribution in [0.15, 0.2) is 60.0 Å². The second-order valence-electron chi connectivity index (χ2n) is 6.21. The number of hydrazone groups is 1. The van der Waals surface area contributed by atoms with Gasteiger partial charge >= 0.3 is 0 Å². The first kappa shape index (κ1) is 19.4. The van der Waals surface area contributed by atoms with Crippen LogP contribution in [0.1, 0.15) is 18.1 Å². The van der Waals surface area contributed by atoms with Crippen LogP contribution < -0.4 is 10.2 Å². The van der Waals surface area contributed by atoms with Crippen molar-refractivity contribution in [2.75, 3.05) is 12.0 Å². The molecule has 4 aromatic rings. The van der Waals surface area contributed by atoms with Gasteiger partial charge in [0.25, 0.3) is 0 Å². The lowest BCUT2D eigenvalue weighted by Gasteiger charge is -2.08. The number of nitrogens with one attached hydrogen (secondary N) is 1. The van der Waals surface area contributed by atoms with E-state index in [9.17, 15) is 10.4 Å². The van der Waals surface area contributed by atoms with E-state index in [4.69, 9.17) is 4.74 Å². The highest BCUT2D eigenvalue weighted by atomic mass is 32.1. The monoisotopic (exact) mass is 415 g/mol. The van der Waals surface area contributed by atoms with Gasteiger partial charge in [-0.15, -0.1) is 11.3 Å². The first-order valence-electron chi connectivity index (χ1n) is 9.19. The SMILES string of the molecule is CCOc1ccccc1-c1sc2c(N/N=C/c3cccc(O)c3)ncnc2c1C#N. The molecule has 0 bridgehead atoms. The van der Waals surface area contributed by atoms with Crippen LogP contribution in [0.25, 0.3) is 20.7 Å². The van der Waals surface area contributed by atoms with Gasteiger partial charge in [0.2, 0.25) is 0 Å². The van der Waals surface area contributed by atoms with Crippen molar-refractivity contribution in [3.63, 3.8) is 0 Å². The Bertz CT molecular complexity index is 1280. The molecule has 0 amide bonds. The molecule has 0 radical (unpaired) electrons. The zero-order chi connectivity index (χ0) is 20.9. The van der Waals surface area contributed by atoms with Gasteiger partial charge in [0, 0.05) is 5.56 Å². The average Bonchev–Trinajstić information content (AvgIpc) is 3.14. The lowest BCUT2D eigenvalue weighted by atomic mass is 10.1. The number of fused-ring (bicyclic) bond motifs is 1. The number of para-hydroxylation sites is 1. The average molecular weight is 415 g/mol. The molecule has 2 aromatic heterocycles. The van der Waals surface area contributed by atoms with Crippen LogP contribution in [0.3, 0.4) is 0 Å². The Morgan fingerprint density at radius 3 is 2.90 bits per heavy atom. The van der Waals surface area contributed by atoms with Crippen LogP contribution >= 0.6 is 11.3 Å². The topological polar surface area (TPSA) is 103 Å². The van der Waals surface area contributed by atoms with Crippen molar-refractivity contribution in [3.8, 4) is 28.0 Å². The van der Waals surface area contributed by atoms with Gasteiger partial charge in [-0.05, 0) is 36.8 Å². The smallest absolute Gasteiger partial charge is 0.167 e. The predicted octanol–water partition coefficient (Wildman–Crippen LogP) is 4.78. The number of nitrogens with zero attached hydrogens (tertiary/aromatic N) is 4. The highest BCUT2D eigenvalue weighted by molar-refractivity contribution is 7.23. The van der Waals surface area contributed by atoms with Crippen LogP contribution in [0.4, 0.5) is 5.82 Å². The molecule has 8 heteroatoms. The summed E-state index contributed by atoms with van der Waals surface area (Å²) >= 11 is 1.41. The van der Waals surface area contributed by atoms with Crippen molar-refractivity contribution in [3.05, 3.63) is 66.0 Å². The summed E-state index contributed by atoms with van der Waals surface area (Å²) in [6.07, 6.45) is 2.98. The number of nitriles is 1. The number of rotatable bonds is 6. The molecule has 0 unspecified atom stereocenters. The number of benzene rings is 2.